The van der Waals surface area contributed by atoms with Crippen LogP contribution in [0, 0.1) is 0 Å². The topological polar surface area (TPSA) is 99.9 Å². The Bertz CT molecular complexity index is 1030. The Morgan fingerprint density at radius 3 is 2.21 bits per heavy atom. The number of ether oxygens (including phenoxy) is 3. The van der Waals surface area contributed by atoms with Crippen LogP contribution in [0.5, 0.6) is 11.5 Å². The number of methoxy groups -OCH3 is 3. The Morgan fingerprint density at radius 1 is 0.964 bits per heavy atom. The maximum Gasteiger partial charge on any atom is 0.357 e. The number of para-hydroxylation sites is 1. The van der Waals surface area contributed by atoms with Crippen molar-refractivity contribution in [1.82, 2.24) is 9.78 Å². The van der Waals surface area contributed by atoms with Crippen molar-refractivity contribution in [2.45, 2.75) is 0 Å². The van der Waals surface area contributed by atoms with Crippen LogP contribution in [0.2, 0.25) is 0 Å². The summed E-state index contributed by atoms with van der Waals surface area (Å²) in [5.74, 6) is -1.38. The quantitative estimate of drug-likeness (QED) is 0.677. The number of benzene rings is 2. The Balaban J connectivity index is 2.33. The van der Waals surface area contributed by atoms with E-state index in [1.165, 1.54) is 38.1 Å². The van der Waals surface area contributed by atoms with Crippen LogP contribution in [0.25, 0.3) is 16.9 Å². The van der Waals surface area contributed by atoms with Crippen molar-refractivity contribution < 1.29 is 28.9 Å². The van der Waals surface area contributed by atoms with E-state index in [2.05, 4.69) is 5.10 Å². The molecular weight excluding hydrogens is 364 g/mol. The van der Waals surface area contributed by atoms with E-state index < -0.39 is 11.9 Å². The molecule has 0 bridgehead atoms. The predicted molar refractivity (Wildman–Crippen MR) is 99.9 cm³/mol. The van der Waals surface area contributed by atoms with E-state index >= 15 is 0 Å². The van der Waals surface area contributed by atoms with Crippen molar-refractivity contribution in [3.05, 3.63) is 59.8 Å². The molecule has 1 heterocycles. The largest absolute Gasteiger partial charge is 0.504 e. The van der Waals surface area contributed by atoms with Gasteiger partial charge in [0.1, 0.15) is 11.3 Å². The molecule has 3 rings (SSSR count). The van der Waals surface area contributed by atoms with Gasteiger partial charge in [-0.05, 0) is 30.3 Å². The van der Waals surface area contributed by atoms with Gasteiger partial charge in [0.2, 0.25) is 0 Å². The Labute approximate surface area is 160 Å². The van der Waals surface area contributed by atoms with Gasteiger partial charge in [-0.2, -0.15) is 5.10 Å². The number of rotatable bonds is 5. The summed E-state index contributed by atoms with van der Waals surface area (Å²) < 4.78 is 16.1. The maximum atomic E-state index is 12.5. The van der Waals surface area contributed by atoms with Gasteiger partial charge in [0, 0.05) is 5.56 Å². The molecule has 0 spiro atoms. The number of carbonyl (C=O) groups is 2. The molecule has 0 aliphatic carbocycles. The van der Waals surface area contributed by atoms with Gasteiger partial charge in [-0.1, -0.05) is 18.2 Å². The molecule has 0 amide bonds. The number of aromatic nitrogens is 2. The Kier molecular flexibility index (Phi) is 5.30. The smallest absolute Gasteiger partial charge is 0.357 e. The van der Waals surface area contributed by atoms with Gasteiger partial charge in [0.05, 0.1) is 27.0 Å². The van der Waals surface area contributed by atoms with E-state index in [0.717, 1.165) is 0 Å². The van der Waals surface area contributed by atoms with E-state index in [1.54, 1.807) is 30.3 Å². The van der Waals surface area contributed by atoms with Gasteiger partial charge in [0.15, 0.2) is 17.2 Å². The first-order valence-electron chi connectivity index (χ1n) is 8.24. The molecular formula is C20H18N2O6. The third kappa shape index (κ3) is 3.27. The number of nitrogens with zero attached hydrogens (tertiary/aromatic N) is 2. The van der Waals surface area contributed by atoms with Gasteiger partial charge >= 0.3 is 11.9 Å². The highest BCUT2D eigenvalue weighted by atomic mass is 16.5. The molecule has 3 aromatic rings. The summed E-state index contributed by atoms with van der Waals surface area (Å²) in [6, 6.07) is 13.4. The average Bonchev–Trinajstić information content (AvgIpc) is 3.13. The summed E-state index contributed by atoms with van der Waals surface area (Å²) >= 11 is 0. The monoisotopic (exact) mass is 382 g/mol. The van der Waals surface area contributed by atoms with Crippen LogP contribution >= 0.6 is 0 Å². The number of carbonyl (C=O) groups excluding carboxylic acids is 2. The molecule has 0 unspecified atom stereocenters. The van der Waals surface area contributed by atoms with Gasteiger partial charge in [0.25, 0.3) is 0 Å². The number of hydrogen-bond donors (Lipinski definition) is 1. The fourth-order valence-corrected chi connectivity index (χ4v) is 2.79. The normalized spacial score (nSPS) is 10.4. The third-order valence-electron chi connectivity index (χ3n) is 4.11. The lowest BCUT2D eigenvalue weighted by Gasteiger charge is -2.07. The molecule has 8 nitrogen and oxygen atoms in total. The molecule has 144 valence electrons. The summed E-state index contributed by atoms with van der Waals surface area (Å²) in [7, 11) is 3.84. The minimum Gasteiger partial charge on any atom is -0.504 e. The molecule has 1 aromatic heterocycles. The van der Waals surface area contributed by atoms with Crippen molar-refractivity contribution in [3.8, 4) is 28.4 Å². The first-order chi connectivity index (χ1) is 13.5. The fourth-order valence-electron chi connectivity index (χ4n) is 2.79. The fraction of sp³-hybridized carbons (Fsp3) is 0.150. The van der Waals surface area contributed by atoms with E-state index in [-0.39, 0.29) is 28.5 Å². The van der Waals surface area contributed by atoms with Crippen molar-refractivity contribution >= 4 is 11.9 Å². The van der Waals surface area contributed by atoms with Crippen molar-refractivity contribution in [2.24, 2.45) is 0 Å². The molecule has 0 aliphatic rings. The molecule has 1 N–H and O–H groups in total. The van der Waals surface area contributed by atoms with Crippen molar-refractivity contribution in [3.63, 3.8) is 0 Å². The Hall–Kier alpha value is -3.81. The van der Waals surface area contributed by atoms with Crippen LogP contribution in [0.3, 0.4) is 0 Å². The van der Waals surface area contributed by atoms with Gasteiger partial charge in [-0.3, -0.25) is 0 Å². The molecule has 0 fully saturated rings. The summed E-state index contributed by atoms with van der Waals surface area (Å²) in [6.07, 6.45) is 0. The van der Waals surface area contributed by atoms with E-state index in [0.29, 0.717) is 11.3 Å². The Morgan fingerprint density at radius 2 is 1.64 bits per heavy atom. The van der Waals surface area contributed by atoms with Crippen LogP contribution in [-0.2, 0) is 9.47 Å². The van der Waals surface area contributed by atoms with Crippen LogP contribution in [0.1, 0.15) is 20.8 Å². The second-order valence-corrected chi connectivity index (χ2v) is 5.69. The van der Waals surface area contributed by atoms with Crippen molar-refractivity contribution in [2.75, 3.05) is 21.3 Å². The predicted octanol–water partition coefficient (Wildman–Crippen LogP) is 2.83. The van der Waals surface area contributed by atoms with E-state index in [4.69, 9.17) is 14.2 Å². The summed E-state index contributed by atoms with van der Waals surface area (Å²) in [5, 5.41) is 14.6. The molecule has 28 heavy (non-hydrogen) atoms. The molecule has 0 atom stereocenters. The zero-order chi connectivity index (χ0) is 20.3. The second kappa shape index (κ2) is 7.83. The first kappa shape index (κ1) is 19.0. The number of phenolic OH excluding ortho intramolecular Hbond substituents is 1. The zero-order valence-corrected chi connectivity index (χ0v) is 15.5. The lowest BCUT2D eigenvalue weighted by molar-refractivity contribution is 0.0549. The van der Waals surface area contributed by atoms with Gasteiger partial charge in [-0.15, -0.1) is 0 Å². The zero-order valence-electron chi connectivity index (χ0n) is 15.5. The van der Waals surface area contributed by atoms with E-state index in [1.807, 2.05) is 6.07 Å². The molecule has 0 saturated heterocycles. The molecule has 0 saturated carbocycles. The van der Waals surface area contributed by atoms with Gasteiger partial charge in [-0.25, -0.2) is 14.3 Å². The lowest BCUT2D eigenvalue weighted by atomic mass is 10.0. The molecule has 0 radical (unpaired) electrons. The molecule has 8 heteroatoms. The first-order valence-corrected chi connectivity index (χ1v) is 8.24. The summed E-state index contributed by atoms with van der Waals surface area (Å²) in [5.41, 5.74) is 0.971. The lowest BCUT2D eigenvalue weighted by Crippen LogP contribution is -2.15. The standard InChI is InChI=1S/C20H18N2O6/c1-26-15-10-9-12(11-14(15)23)17-16(19(24)27-2)18(20(25)28-3)22(21-17)13-7-5-4-6-8-13/h4-11,23H,1-3H3. The number of phenols is 1. The SMILES string of the molecule is COC(=O)c1c(-c2ccc(OC)c(O)c2)nn(-c2ccccc2)c1C(=O)OC. The number of aromatic hydroxyl groups is 1. The average molecular weight is 382 g/mol. The van der Waals surface area contributed by atoms with Crippen LogP contribution in [0.15, 0.2) is 48.5 Å². The highest BCUT2D eigenvalue weighted by Crippen LogP contribution is 2.34. The molecule has 0 aliphatic heterocycles. The highest BCUT2D eigenvalue weighted by Gasteiger charge is 2.31. The minimum absolute atomic E-state index is 0.0669. The number of hydrogen-bond acceptors (Lipinski definition) is 7. The second-order valence-electron chi connectivity index (χ2n) is 5.69. The van der Waals surface area contributed by atoms with Crippen LogP contribution in [0.4, 0.5) is 0 Å². The van der Waals surface area contributed by atoms with Crippen LogP contribution < -0.4 is 4.74 Å². The summed E-state index contributed by atoms with van der Waals surface area (Å²) in [6.45, 7) is 0. The number of esters is 2. The summed E-state index contributed by atoms with van der Waals surface area (Å²) in [4.78, 5) is 25.0. The van der Waals surface area contributed by atoms with E-state index in [9.17, 15) is 14.7 Å². The minimum atomic E-state index is -0.757. The maximum absolute atomic E-state index is 12.5. The third-order valence-corrected chi connectivity index (χ3v) is 4.11. The van der Waals surface area contributed by atoms with Crippen LogP contribution in [-0.4, -0.2) is 48.2 Å². The van der Waals surface area contributed by atoms with Crippen molar-refractivity contribution in [1.29, 1.82) is 0 Å². The highest BCUT2D eigenvalue weighted by molar-refractivity contribution is 6.06. The van der Waals surface area contributed by atoms with Gasteiger partial charge < -0.3 is 19.3 Å². The molecule has 2 aromatic carbocycles.